The molecule has 0 radical (unpaired) electrons. The summed E-state index contributed by atoms with van der Waals surface area (Å²) in [5.74, 6) is 0.214. The fourth-order valence-electron chi connectivity index (χ4n) is 5.69. The Kier molecular flexibility index (Phi) is 9.52. The predicted octanol–water partition coefficient (Wildman–Crippen LogP) is 5.41. The standard InChI is InChI=1S/C31H37ClN6OS/c1-21-9-6-7-17-38(21)18-8-16-33-30(39)24-19-27(32)29(34-20-24)36-37-31(40)35-28-25-12-4-2-10-22(25)14-15-23-11-3-5-13-26(23)28/h2-5,10-13,19-21,28H,6-9,14-18H2,1H3,(H,33,39)(H,34,36)(H2,35,37,40). The second kappa shape index (κ2) is 13.4. The Balaban J connectivity index is 1.14. The predicted molar refractivity (Wildman–Crippen MR) is 166 cm³/mol. The minimum atomic E-state index is -0.177. The van der Waals surface area contributed by atoms with Crippen molar-refractivity contribution in [3.8, 4) is 0 Å². The number of anilines is 1. The molecule has 1 fully saturated rings. The molecule has 2 aromatic carbocycles. The third-order valence-corrected chi connectivity index (χ3v) is 8.43. The maximum atomic E-state index is 12.7. The molecule has 9 heteroatoms. The average Bonchev–Trinajstić information content (AvgIpc) is 3.12. The fourth-order valence-corrected chi connectivity index (χ4v) is 6.07. The van der Waals surface area contributed by atoms with Crippen LogP contribution in [0.3, 0.4) is 0 Å². The van der Waals surface area contributed by atoms with Crippen LogP contribution in [-0.2, 0) is 12.8 Å². The Morgan fingerprint density at radius 2 is 1.77 bits per heavy atom. The Morgan fingerprint density at radius 3 is 2.45 bits per heavy atom. The largest absolute Gasteiger partial charge is 0.352 e. The lowest BCUT2D eigenvalue weighted by Gasteiger charge is -2.33. The lowest BCUT2D eigenvalue weighted by atomic mass is 9.95. The van der Waals surface area contributed by atoms with Crippen molar-refractivity contribution in [1.82, 2.24) is 25.9 Å². The number of aromatic nitrogens is 1. The second-order valence-electron chi connectivity index (χ2n) is 10.6. The van der Waals surface area contributed by atoms with Crippen molar-refractivity contribution < 1.29 is 4.79 Å². The van der Waals surface area contributed by atoms with Gasteiger partial charge in [0.2, 0.25) is 0 Å². The molecule has 4 N–H and O–H groups in total. The van der Waals surface area contributed by atoms with E-state index in [1.54, 1.807) is 6.07 Å². The number of fused-ring (bicyclic) bond motifs is 2. The highest BCUT2D eigenvalue weighted by Gasteiger charge is 2.24. The van der Waals surface area contributed by atoms with Crippen LogP contribution in [0.25, 0.3) is 0 Å². The van der Waals surface area contributed by atoms with Gasteiger partial charge in [-0.1, -0.05) is 66.6 Å². The van der Waals surface area contributed by atoms with E-state index in [0.29, 0.717) is 34.1 Å². The van der Waals surface area contributed by atoms with E-state index in [-0.39, 0.29) is 11.9 Å². The Bertz CT molecular complexity index is 1300. The van der Waals surface area contributed by atoms with Crippen LogP contribution < -0.4 is 21.5 Å². The molecule has 1 aliphatic carbocycles. The molecule has 7 nitrogen and oxygen atoms in total. The zero-order valence-electron chi connectivity index (χ0n) is 22.9. The molecule has 40 heavy (non-hydrogen) atoms. The van der Waals surface area contributed by atoms with Gasteiger partial charge in [-0.15, -0.1) is 0 Å². The minimum absolute atomic E-state index is 0.0793. The Labute approximate surface area is 247 Å². The van der Waals surface area contributed by atoms with Gasteiger partial charge < -0.3 is 15.5 Å². The molecule has 0 bridgehead atoms. The number of amides is 1. The lowest BCUT2D eigenvalue weighted by Crippen LogP contribution is -2.41. The smallest absolute Gasteiger partial charge is 0.252 e. The molecule has 3 aromatic rings. The molecule has 0 saturated carbocycles. The number of carbonyl (C=O) groups is 1. The van der Waals surface area contributed by atoms with Crippen LogP contribution in [0.1, 0.15) is 71.3 Å². The maximum Gasteiger partial charge on any atom is 0.252 e. The van der Waals surface area contributed by atoms with E-state index >= 15 is 0 Å². The SMILES string of the molecule is CC1CCCCN1CCCNC(=O)c1cnc(NNC(=S)NC2c3ccccc3CCc3ccccc32)c(Cl)c1. The number of halogens is 1. The van der Waals surface area contributed by atoms with Gasteiger partial charge >= 0.3 is 0 Å². The highest BCUT2D eigenvalue weighted by molar-refractivity contribution is 7.80. The number of likely N-dealkylation sites (tertiary alicyclic amines) is 1. The monoisotopic (exact) mass is 576 g/mol. The van der Waals surface area contributed by atoms with Gasteiger partial charge in [-0.2, -0.15) is 0 Å². The molecule has 1 unspecified atom stereocenters. The van der Waals surface area contributed by atoms with Gasteiger partial charge in [0, 0.05) is 25.3 Å². The van der Waals surface area contributed by atoms with E-state index in [9.17, 15) is 4.79 Å². The molecular weight excluding hydrogens is 540 g/mol. The molecule has 1 aliphatic heterocycles. The van der Waals surface area contributed by atoms with Crippen molar-refractivity contribution in [2.75, 3.05) is 25.1 Å². The molecule has 210 valence electrons. The third kappa shape index (κ3) is 6.92. The van der Waals surface area contributed by atoms with Crippen LogP contribution in [0.5, 0.6) is 0 Å². The summed E-state index contributed by atoms with van der Waals surface area (Å²) in [5, 5.41) is 7.20. The number of nitrogens with zero attached hydrogens (tertiary/aromatic N) is 2. The van der Waals surface area contributed by atoms with Crippen LogP contribution in [0.2, 0.25) is 5.02 Å². The van der Waals surface area contributed by atoms with Crippen LogP contribution in [0.4, 0.5) is 5.82 Å². The van der Waals surface area contributed by atoms with Gasteiger partial charge in [0.1, 0.15) is 0 Å². The van der Waals surface area contributed by atoms with Crippen molar-refractivity contribution in [2.24, 2.45) is 0 Å². The van der Waals surface area contributed by atoms with E-state index in [1.165, 1.54) is 47.7 Å². The van der Waals surface area contributed by atoms with Crippen molar-refractivity contribution in [2.45, 2.75) is 57.5 Å². The first-order valence-electron chi connectivity index (χ1n) is 14.2. The number of pyridine rings is 1. The van der Waals surface area contributed by atoms with Crippen LogP contribution >= 0.6 is 23.8 Å². The topological polar surface area (TPSA) is 81.3 Å². The van der Waals surface area contributed by atoms with E-state index < -0.39 is 0 Å². The van der Waals surface area contributed by atoms with Gasteiger partial charge in [0.15, 0.2) is 10.9 Å². The molecule has 1 atom stereocenters. The zero-order valence-corrected chi connectivity index (χ0v) is 24.5. The number of piperidine rings is 1. The number of aryl methyl sites for hydroxylation is 2. The number of nitrogens with one attached hydrogen (secondary N) is 4. The number of thiocarbonyl (C=S) groups is 1. The first-order valence-corrected chi connectivity index (χ1v) is 14.9. The first-order chi connectivity index (χ1) is 19.5. The van der Waals surface area contributed by atoms with Crippen molar-refractivity contribution in [3.05, 3.63) is 93.6 Å². The fraction of sp³-hybridized carbons (Fsp3) is 0.387. The minimum Gasteiger partial charge on any atom is -0.352 e. The molecule has 2 aliphatic rings. The van der Waals surface area contributed by atoms with Gasteiger partial charge in [0.05, 0.1) is 16.6 Å². The Hall–Kier alpha value is -3.20. The summed E-state index contributed by atoms with van der Waals surface area (Å²) in [6, 6.07) is 19.1. The van der Waals surface area contributed by atoms with Crippen LogP contribution in [0, 0.1) is 0 Å². The van der Waals surface area contributed by atoms with Crippen LogP contribution in [0.15, 0.2) is 60.8 Å². The number of hydrogen-bond acceptors (Lipinski definition) is 5. The summed E-state index contributed by atoms with van der Waals surface area (Å²) in [6.45, 7) is 5.06. The number of benzene rings is 2. The summed E-state index contributed by atoms with van der Waals surface area (Å²) >= 11 is 12.1. The number of hydrazine groups is 1. The molecule has 0 spiro atoms. The average molecular weight is 577 g/mol. The maximum absolute atomic E-state index is 12.7. The zero-order chi connectivity index (χ0) is 27.9. The lowest BCUT2D eigenvalue weighted by molar-refractivity contribution is 0.0948. The number of hydrogen-bond donors (Lipinski definition) is 4. The first kappa shape index (κ1) is 28.3. The molecule has 1 aromatic heterocycles. The van der Waals surface area contributed by atoms with E-state index in [4.69, 9.17) is 23.8 Å². The molecule has 1 saturated heterocycles. The normalized spacial score (nSPS) is 17.2. The van der Waals surface area contributed by atoms with Crippen molar-refractivity contribution in [3.63, 3.8) is 0 Å². The molecule has 1 amide bonds. The van der Waals surface area contributed by atoms with E-state index in [0.717, 1.165) is 32.4 Å². The highest BCUT2D eigenvalue weighted by Crippen LogP contribution is 2.32. The quantitative estimate of drug-likeness (QED) is 0.162. The van der Waals surface area contributed by atoms with E-state index in [2.05, 4.69) is 86.8 Å². The van der Waals surface area contributed by atoms with Gasteiger partial charge in [-0.05, 0) is 86.1 Å². The summed E-state index contributed by atoms with van der Waals surface area (Å²) < 4.78 is 0. The Morgan fingerprint density at radius 1 is 1.07 bits per heavy atom. The molecule has 2 heterocycles. The second-order valence-corrected chi connectivity index (χ2v) is 11.4. The molecular formula is C31H37ClN6OS. The summed E-state index contributed by atoms with van der Waals surface area (Å²) in [7, 11) is 0. The summed E-state index contributed by atoms with van der Waals surface area (Å²) in [5.41, 5.74) is 11.5. The highest BCUT2D eigenvalue weighted by atomic mass is 35.5. The van der Waals surface area contributed by atoms with Crippen molar-refractivity contribution in [1.29, 1.82) is 0 Å². The third-order valence-electron chi connectivity index (χ3n) is 7.92. The number of carbonyl (C=O) groups excluding carboxylic acids is 1. The summed E-state index contributed by atoms with van der Waals surface area (Å²) in [4.78, 5) is 19.5. The van der Waals surface area contributed by atoms with Crippen LogP contribution in [-0.4, -0.2) is 46.6 Å². The van der Waals surface area contributed by atoms with Gasteiger partial charge in [-0.25, -0.2) is 4.98 Å². The van der Waals surface area contributed by atoms with E-state index in [1.807, 2.05) is 0 Å². The van der Waals surface area contributed by atoms with Crippen molar-refractivity contribution >= 4 is 40.7 Å². The molecule has 5 rings (SSSR count). The van der Waals surface area contributed by atoms with Gasteiger partial charge in [0.25, 0.3) is 5.91 Å². The van der Waals surface area contributed by atoms with Gasteiger partial charge in [-0.3, -0.25) is 15.6 Å². The number of rotatable bonds is 8. The summed E-state index contributed by atoms with van der Waals surface area (Å²) in [6.07, 6.45) is 8.25.